The van der Waals surface area contributed by atoms with E-state index in [0.717, 1.165) is 14.2 Å². The summed E-state index contributed by atoms with van der Waals surface area (Å²) in [7, 11) is -2.23. The van der Waals surface area contributed by atoms with Crippen LogP contribution in [0.1, 0.15) is 40.7 Å². The molecule has 13 nitrogen and oxygen atoms in total. The lowest BCUT2D eigenvalue weighted by Gasteiger charge is -2.27. The van der Waals surface area contributed by atoms with E-state index in [9.17, 15) is 18.9 Å². The van der Waals surface area contributed by atoms with Crippen molar-refractivity contribution in [2.24, 2.45) is 0 Å². The second-order valence-electron chi connectivity index (χ2n) is 5.30. The van der Waals surface area contributed by atoms with E-state index in [1.165, 1.54) is 13.8 Å². The molecule has 1 aromatic heterocycles. The molecule has 1 N–H and O–H groups in total. The Morgan fingerprint density at radius 3 is 2.10 bits per heavy atom. The monoisotopic (exact) mass is 524 g/mol. The topological polar surface area (TPSA) is 157 Å². The van der Waals surface area contributed by atoms with E-state index in [2.05, 4.69) is 25.1 Å². The molecule has 0 aliphatic heterocycles. The van der Waals surface area contributed by atoms with Gasteiger partial charge in [0.1, 0.15) is 6.61 Å². The van der Waals surface area contributed by atoms with Crippen molar-refractivity contribution in [3.63, 3.8) is 0 Å². The molecular formula is C14H20Cl3N4O9P. The maximum absolute atomic E-state index is 13.4. The summed E-state index contributed by atoms with van der Waals surface area (Å²) in [6, 6.07) is 0. The number of nitrogens with one attached hydrogen (secondary N) is 1. The SMILES string of the molecule is CCOP(=O)(OCC)[C@H](NC(=O)OCC(Cl)(Cl)Cl)n1nnc(C(=O)OC)c1C(=O)OC. The number of halogens is 3. The van der Waals surface area contributed by atoms with E-state index in [1.807, 2.05) is 0 Å². The summed E-state index contributed by atoms with van der Waals surface area (Å²) in [4.78, 5) is 36.6. The molecule has 0 aliphatic rings. The third-order valence-corrected chi connectivity index (χ3v) is 5.73. The second-order valence-corrected chi connectivity index (χ2v) is 9.90. The van der Waals surface area contributed by atoms with Crippen LogP contribution in [0.25, 0.3) is 0 Å². The van der Waals surface area contributed by atoms with Crippen molar-refractivity contribution >= 4 is 60.4 Å². The number of carbonyl (C=O) groups is 3. The predicted octanol–water partition coefficient (Wildman–Crippen LogP) is 2.67. The van der Waals surface area contributed by atoms with Gasteiger partial charge in [0.2, 0.25) is 15.4 Å². The van der Waals surface area contributed by atoms with Crippen molar-refractivity contribution < 1.29 is 42.2 Å². The van der Waals surface area contributed by atoms with Gasteiger partial charge in [-0.2, -0.15) is 0 Å². The van der Waals surface area contributed by atoms with Crippen LogP contribution in [-0.4, -0.2) is 70.9 Å². The summed E-state index contributed by atoms with van der Waals surface area (Å²) in [6.45, 7) is 2.10. The molecule has 0 bridgehead atoms. The van der Waals surface area contributed by atoms with E-state index < -0.39 is 53.3 Å². The first-order valence-electron chi connectivity index (χ1n) is 8.44. The fourth-order valence-corrected chi connectivity index (χ4v) is 4.03. The Hall–Kier alpha value is -1.63. The number of alkyl carbamates (subject to hydrolysis) is 1. The average Bonchev–Trinajstić information content (AvgIpc) is 3.13. The smallest absolute Gasteiger partial charge is 0.409 e. The minimum absolute atomic E-state index is 0.120. The summed E-state index contributed by atoms with van der Waals surface area (Å²) in [6.07, 6.45) is -1.23. The van der Waals surface area contributed by atoms with Crippen LogP contribution in [0.15, 0.2) is 0 Å². The van der Waals surface area contributed by atoms with Gasteiger partial charge in [0, 0.05) is 0 Å². The van der Waals surface area contributed by atoms with Crippen LogP contribution < -0.4 is 5.32 Å². The van der Waals surface area contributed by atoms with Crippen molar-refractivity contribution in [2.45, 2.75) is 23.5 Å². The van der Waals surface area contributed by atoms with Gasteiger partial charge in [-0.15, -0.1) is 5.10 Å². The van der Waals surface area contributed by atoms with Crippen molar-refractivity contribution in [3.8, 4) is 0 Å². The molecule has 176 valence electrons. The zero-order valence-electron chi connectivity index (χ0n) is 16.8. The third kappa shape index (κ3) is 7.48. The Morgan fingerprint density at radius 2 is 1.65 bits per heavy atom. The van der Waals surface area contributed by atoms with Crippen LogP contribution in [0, 0.1) is 0 Å². The predicted molar refractivity (Wildman–Crippen MR) is 107 cm³/mol. The summed E-state index contributed by atoms with van der Waals surface area (Å²) >= 11 is 16.6. The molecule has 17 heteroatoms. The highest BCUT2D eigenvalue weighted by atomic mass is 35.6. The van der Waals surface area contributed by atoms with Crippen molar-refractivity contribution in [1.29, 1.82) is 0 Å². The van der Waals surface area contributed by atoms with Crippen LogP contribution in [0.4, 0.5) is 4.79 Å². The maximum Gasteiger partial charge on any atom is 0.409 e. The number of hydrogen-bond donors (Lipinski definition) is 1. The first-order valence-corrected chi connectivity index (χ1v) is 11.2. The molecule has 0 fully saturated rings. The van der Waals surface area contributed by atoms with E-state index >= 15 is 0 Å². The van der Waals surface area contributed by atoms with Crippen molar-refractivity contribution in [2.75, 3.05) is 34.0 Å². The van der Waals surface area contributed by atoms with E-state index in [0.29, 0.717) is 4.68 Å². The number of methoxy groups -OCH3 is 2. The molecule has 0 unspecified atom stereocenters. The minimum atomic E-state index is -4.28. The number of carbonyl (C=O) groups excluding carboxylic acids is 3. The van der Waals surface area contributed by atoms with Crippen LogP contribution >= 0.6 is 42.4 Å². The zero-order chi connectivity index (χ0) is 23.8. The number of ether oxygens (including phenoxy) is 3. The van der Waals surface area contributed by atoms with Crippen LogP contribution in [0.5, 0.6) is 0 Å². The summed E-state index contributed by atoms with van der Waals surface area (Å²) < 4.78 is 36.5. The van der Waals surface area contributed by atoms with E-state index in [-0.39, 0.29) is 13.2 Å². The second kappa shape index (κ2) is 11.8. The van der Waals surface area contributed by atoms with Gasteiger partial charge in [-0.05, 0) is 13.8 Å². The maximum atomic E-state index is 13.4. The molecule has 1 aromatic rings. The Bertz CT molecular complexity index is 835. The highest BCUT2D eigenvalue weighted by Gasteiger charge is 2.44. The zero-order valence-corrected chi connectivity index (χ0v) is 20.0. The molecule has 1 rings (SSSR count). The van der Waals surface area contributed by atoms with Crippen LogP contribution in [-0.2, 0) is 27.8 Å². The molecule has 1 atom stereocenters. The summed E-state index contributed by atoms with van der Waals surface area (Å²) in [5.74, 6) is -3.98. The molecule has 0 saturated heterocycles. The Balaban J connectivity index is 3.55. The molecule has 1 amide bonds. The Labute approximate surface area is 192 Å². The van der Waals surface area contributed by atoms with Gasteiger partial charge in [0.05, 0.1) is 27.4 Å². The first kappa shape index (κ1) is 27.4. The van der Waals surface area contributed by atoms with Crippen molar-refractivity contribution in [3.05, 3.63) is 11.4 Å². The van der Waals surface area contributed by atoms with Gasteiger partial charge >= 0.3 is 25.6 Å². The minimum Gasteiger partial charge on any atom is -0.464 e. The number of amides is 1. The van der Waals surface area contributed by atoms with Gasteiger partial charge in [0.15, 0.2) is 5.69 Å². The van der Waals surface area contributed by atoms with Crippen LogP contribution in [0.2, 0.25) is 0 Å². The lowest BCUT2D eigenvalue weighted by molar-refractivity contribution is 0.0541. The summed E-state index contributed by atoms with van der Waals surface area (Å²) in [5, 5.41) is 9.34. The number of alkyl halides is 3. The average molecular weight is 526 g/mol. The lowest BCUT2D eigenvalue weighted by Crippen LogP contribution is -2.37. The number of aromatic nitrogens is 3. The van der Waals surface area contributed by atoms with Gasteiger partial charge in [-0.25, -0.2) is 19.1 Å². The molecule has 0 radical (unpaired) electrons. The molecule has 1 heterocycles. The lowest BCUT2D eigenvalue weighted by atomic mass is 10.3. The number of rotatable bonds is 10. The van der Waals surface area contributed by atoms with Gasteiger partial charge in [-0.3, -0.25) is 9.88 Å². The quantitative estimate of drug-likeness (QED) is 0.207. The molecule has 0 aromatic carbocycles. The fraction of sp³-hybridized carbons (Fsp3) is 0.643. The highest BCUT2D eigenvalue weighted by molar-refractivity contribution is 7.53. The standard InChI is InChI=1S/C14H20Cl3N4O9P/c1-5-29-31(25,30-6-2)12(18-13(24)28-7-14(15,16)17)21-9(11(23)27-4)8(19-20-21)10(22)26-3/h12H,5-7H2,1-4H3,(H,18,24)/t12-/m1/s1. The number of nitrogens with zero attached hydrogens (tertiary/aromatic N) is 3. The molecule has 31 heavy (non-hydrogen) atoms. The van der Waals surface area contributed by atoms with Crippen molar-refractivity contribution in [1.82, 2.24) is 20.3 Å². The summed E-state index contributed by atoms with van der Waals surface area (Å²) in [5.41, 5.74) is -1.17. The fourth-order valence-electron chi connectivity index (χ4n) is 2.09. The third-order valence-electron chi connectivity index (χ3n) is 3.22. The van der Waals surface area contributed by atoms with E-state index in [4.69, 9.17) is 48.6 Å². The Kier molecular flexibility index (Phi) is 10.5. The molecule has 0 saturated carbocycles. The largest absolute Gasteiger partial charge is 0.464 e. The van der Waals surface area contributed by atoms with Gasteiger partial charge in [-0.1, -0.05) is 40.0 Å². The highest BCUT2D eigenvalue weighted by Crippen LogP contribution is 2.57. The normalized spacial score (nSPS) is 12.7. The van der Waals surface area contributed by atoms with Gasteiger partial charge < -0.3 is 23.3 Å². The Morgan fingerprint density at radius 1 is 1.10 bits per heavy atom. The van der Waals surface area contributed by atoms with E-state index in [1.54, 1.807) is 0 Å². The first-order chi connectivity index (χ1) is 14.4. The number of esters is 2. The van der Waals surface area contributed by atoms with Gasteiger partial charge in [0.25, 0.3) is 0 Å². The molecular weight excluding hydrogens is 506 g/mol. The molecule has 0 aliphatic carbocycles. The molecule has 0 spiro atoms. The van der Waals surface area contributed by atoms with Crippen LogP contribution in [0.3, 0.4) is 0 Å². The number of hydrogen-bond acceptors (Lipinski definition) is 11.